The molecule has 2 aliphatic carbocycles. The second kappa shape index (κ2) is 5.28. The molecule has 0 saturated heterocycles. The molecular weight excluding hydrogens is 260 g/mol. The summed E-state index contributed by atoms with van der Waals surface area (Å²) >= 11 is 0. The minimum atomic E-state index is 0.0229. The normalized spacial score (nSPS) is 30.7. The molecule has 112 valence electrons. The standard InChI is InChI=1S/C18H24N2O/c1-12(2)18-8-6-16(15(18)10-18)20-17(21)5-4-14-11-19-9-7-13(14)3/h4-5,7,9,11-12,15-16H,6,8,10H2,1-3H3,(H,20,21)/b5-4+/t15-,16-,18-/m0/s1. The first-order valence-electron chi connectivity index (χ1n) is 7.92. The summed E-state index contributed by atoms with van der Waals surface area (Å²) < 4.78 is 0. The summed E-state index contributed by atoms with van der Waals surface area (Å²) in [6.45, 7) is 6.65. The molecule has 3 heteroatoms. The van der Waals surface area contributed by atoms with E-state index in [9.17, 15) is 4.79 Å². The number of hydrogen-bond donors (Lipinski definition) is 1. The van der Waals surface area contributed by atoms with E-state index in [1.54, 1.807) is 18.5 Å². The number of fused-ring (bicyclic) bond motifs is 1. The molecule has 3 nitrogen and oxygen atoms in total. The van der Waals surface area contributed by atoms with Crippen molar-refractivity contribution >= 4 is 12.0 Å². The highest BCUT2D eigenvalue weighted by molar-refractivity contribution is 5.92. The highest BCUT2D eigenvalue weighted by Gasteiger charge is 2.62. The lowest BCUT2D eigenvalue weighted by molar-refractivity contribution is -0.117. The minimum absolute atomic E-state index is 0.0229. The van der Waals surface area contributed by atoms with Gasteiger partial charge in [0.1, 0.15) is 0 Å². The van der Waals surface area contributed by atoms with Gasteiger partial charge in [-0.2, -0.15) is 0 Å². The number of carbonyl (C=O) groups is 1. The summed E-state index contributed by atoms with van der Waals surface area (Å²) in [5.74, 6) is 1.46. The SMILES string of the molecule is Cc1ccncc1/C=C/C(=O)N[C@H]1CC[C@@]2(C(C)C)C[C@@H]12. The lowest BCUT2D eigenvalue weighted by atomic mass is 9.90. The molecule has 2 saturated carbocycles. The highest BCUT2D eigenvalue weighted by atomic mass is 16.1. The molecular formula is C18H24N2O. The summed E-state index contributed by atoms with van der Waals surface area (Å²) in [5, 5.41) is 3.19. The smallest absolute Gasteiger partial charge is 0.244 e. The number of nitrogens with one attached hydrogen (secondary N) is 1. The molecule has 2 aliphatic rings. The van der Waals surface area contributed by atoms with E-state index in [1.165, 1.54) is 12.8 Å². The number of amides is 1. The molecule has 1 amide bonds. The van der Waals surface area contributed by atoms with Gasteiger partial charge in [0.05, 0.1) is 0 Å². The third kappa shape index (κ3) is 2.61. The van der Waals surface area contributed by atoms with Gasteiger partial charge in [0.2, 0.25) is 5.91 Å². The fourth-order valence-corrected chi connectivity index (χ4v) is 3.98. The molecule has 0 unspecified atom stereocenters. The number of aromatic nitrogens is 1. The average Bonchev–Trinajstić information content (AvgIpc) is 3.10. The second-order valence-corrected chi connectivity index (χ2v) is 6.92. The van der Waals surface area contributed by atoms with Gasteiger partial charge in [0.25, 0.3) is 0 Å². The Morgan fingerprint density at radius 1 is 1.52 bits per heavy atom. The van der Waals surface area contributed by atoms with Crippen LogP contribution in [0.5, 0.6) is 0 Å². The van der Waals surface area contributed by atoms with Crippen LogP contribution in [0.25, 0.3) is 6.08 Å². The maximum Gasteiger partial charge on any atom is 0.244 e. The molecule has 21 heavy (non-hydrogen) atoms. The Morgan fingerprint density at radius 2 is 2.33 bits per heavy atom. The Kier molecular flexibility index (Phi) is 3.60. The van der Waals surface area contributed by atoms with Crippen molar-refractivity contribution in [3.63, 3.8) is 0 Å². The number of carbonyl (C=O) groups excluding carboxylic acids is 1. The van der Waals surface area contributed by atoms with Crippen molar-refractivity contribution in [2.24, 2.45) is 17.3 Å². The molecule has 1 heterocycles. The van der Waals surface area contributed by atoms with E-state index < -0.39 is 0 Å². The summed E-state index contributed by atoms with van der Waals surface area (Å²) in [6.07, 6.45) is 10.8. The highest BCUT2D eigenvalue weighted by Crippen LogP contribution is 2.67. The van der Waals surface area contributed by atoms with Crippen LogP contribution in [-0.4, -0.2) is 16.9 Å². The molecule has 2 fully saturated rings. The van der Waals surface area contributed by atoms with Gasteiger partial charge < -0.3 is 5.32 Å². The Bertz CT molecular complexity index is 578. The minimum Gasteiger partial charge on any atom is -0.350 e. The van der Waals surface area contributed by atoms with Gasteiger partial charge in [-0.05, 0) is 66.7 Å². The van der Waals surface area contributed by atoms with Crippen molar-refractivity contribution < 1.29 is 4.79 Å². The van der Waals surface area contributed by atoms with E-state index >= 15 is 0 Å². The average molecular weight is 284 g/mol. The Hall–Kier alpha value is -1.64. The van der Waals surface area contributed by atoms with Crippen molar-refractivity contribution in [1.29, 1.82) is 0 Å². The molecule has 0 radical (unpaired) electrons. The lowest BCUT2D eigenvalue weighted by Crippen LogP contribution is -2.33. The first-order chi connectivity index (χ1) is 10.0. The maximum absolute atomic E-state index is 12.1. The topological polar surface area (TPSA) is 42.0 Å². The van der Waals surface area contributed by atoms with Crippen LogP contribution in [0.15, 0.2) is 24.5 Å². The lowest BCUT2D eigenvalue weighted by Gasteiger charge is -2.15. The predicted molar refractivity (Wildman–Crippen MR) is 84.6 cm³/mol. The zero-order valence-corrected chi connectivity index (χ0v) is 13.1. The largest absolute Gasteiger partial charge is 0.350 e. The number of hydrogen-bond acceptors (Lipinski definition) is 2. The molecule has 0 aliphatic heterocycles. The predicted octanol–water partition coefficient (Wildman–Crippen LogP) is 3.34. The van der Waals surface area contributed by atoms with Crippen molar-refractivity contribution in [3.05, 3.63) is 35.7 Å². The third-order valence-corrected chi connectivity index (χ3v) is 5.56. The van der Waals surface area contributed by atoms with Crippen LogP contribution in [0.3, 0.4) is 0 Å². The first kappa shape index (κ1) is 14.3. The van der Waals surface area contributed by atoms with Crippen molar-refractivity contribution in [1.82, 2.24) is 10.3 Å². The Morgan fingerprint density at radius 3 is 2.95 bits per heavy atom. The van der Waals surface area contributed by atoms with Crippen LogP contribution in [0.1, 0.15) is 44.2 Å². The van der Waals surface area contributed by atoms with Crippen LogP contribution < -0.4 is 5.32 Å². The molecule has 1 N–H and O–H groups in total. The fraction of sp³-hybridized carbons (Fsp3) is 0.556. The van der Waals surface area contributed by atoms with Crippen LogP contribution in [-0.2, 0) is 4.79 Å². The van der Waals surface area contributed by atoms with Crippen LogP contribution in [0.2, 0.25) is 0 Å². The van der Waals surface area contributed by atoms with E-state index in [4.69, 9.17) is 0 Å². The van der Waals surface area contributed by atoms with Gasteiger partial charge in [-0.25, -0.2) is 0 Å². The number of pyridine rings is 1. The van der Waals surface area contributed by atoms with E-state index in [1.807, 2.05) is 19.1 Å². The molecule has 1 aromatic rings. The van der Waals surface area contributed by atoms with Gasteiger partial charge in [0.15, 0.2) is 0 Å². The fourth-order valence-electron chi connectivity index (χ4n) is 3.98. The molecule has 3 rings (SSSR count). The summed E-state index contributed by atoms with van der Waals surface area (Å²) in [6, 6.07) is 2.33. The third-order valence-electron chi connectivity index (χ3n) is 5.56. The molecule has 3 atom stereocenters. The Balaban J connectivity index is 1.58. The molecule has 0 spiro atoms. The molecule has 1 aromatic heterocycles. The summed E-state index contributed by atoms with van der Waals surface area (Å²) in [4.78, 5) is 16.2. The van der Waals surface area contributed by atoms with Crippen LogP contribution in [0, 0.1) is 24.2 Å². The first-order valence-corrected chi connectivity index (χ1v) is 7.92. The number of aryl methyl sites for hydroxylation is 1. The van der Waals surface area contributed by atoms with Gasteiger partial charge >= 0.3 is 0 Å². The quantitative estimate of drug-likeness (QED) is 0.862. The van der Waals surface area contributed by atoms with Crippen molar-refractivity contribution in [2.45, 2.75) is 46.1 Å². The molecule has 0 aromatic carbocycles. The van der Waals surface area contributed by atoms with Gasteiger partial charge in [0, 0.05) is 24.5 Å². The summed E-state index contributed by atoms with van der Waals surface area (Å²) in [5.41, 5.74) is 2.67. The van der Waals surface area contributed by atoms with E-state index in [0.717, 1.165) is 23.5 Å². The van der Waals surface area contributed by atoms with Gasteiger partial charge in [-0.1, -0.05) is 13.8 Å². The van der Waals surface area contributed by atoms with Crippen LogP contribution >= 0.6 is 0 Å². The monoisotopic (exact) mass is 284 g/mol. The second-order valence-electron chi connectivity index (χ2n) is 6.92. The van der Waals surface area contributed by atoms with Gasteiger partial charge in [-0.3, -0.25) is 9.78 Å². The number of nitrogens with zero attached hydrogens (tertiary/aromatic N) is 1. The van der Waals surface area contributed by atoms with Crippen LogP contribution in [0.4, 0.5) is 0 Å². The van der Waals surface area contributed by atoms with E-state index in [0.29, 0.717) is 17.4 Å². The van der Waals surface area contributed by atoms with Crippen molar-refractivity contribution in [2.75, 3.05) is 0 Å². The van der Waals surface area contributed by atoms with E-state index in [-0.39, 0.29) is 5.91 Å². The zero-order chi connectivity index (χ0) is 15.0. The molecule has 0 bridgehead atoms. The zero-order valence-electron chi connectivity index (χ0n) is 13.1. The number of rotatable bonds is 4. The van der Waals surface area contributed by atoms with Gasteiger partial charge in [-0.15, -0.1) is 0 Å². The van der Waals surface area contributed by atoms with E-state index in [2.05, 4.69) is 24.1 Å². The Labute approximate surface area is 126 Å². The summed E-state index contributed by atoms with van der Waals surface area (Å²) in [7, 11) is 0. The maximum atomic E-state index is 12.1. The van der Waals surface area contributed by atoms with Crippen molar-refractivity contribution in [3.8, 4) is 0 Å².